The van der Waals surface area contributed by atoms with Gasteiger partial charge in [-0.15, -0.1) is 0 Å². The Labute approximate surface area is 218 Å². The molecule has 0 aliphatic carbocycles. The smallest absolute Gasteiger partial charge is 0.316 e. The van der Waals surface area contributed by atoms with Crippen LogP contribution in [-0.2, 0) is 4.79 Å². The Morgan fingerprint density at radius 3 is 2.30 bits per heavy atom. The van der Waals surface area contributed by atoms with Crippen LogP contribution in [0.3, 0.4) is 0 Å². The van der Waals surface area contributed by atoms with Crippen LogP contribution in [0.1, 0.15) is 42.3 Å². The predicted molar refractivity (Wildman–Crippen MR) is 148 cm³/mol. The number of rotatable bonds is 5. The molecule has 1 atom stereocenters. The van der Waals surface area contributed by atoms with Crippen LogP contribution in [0.2, 0.25) is 0 Å². The minimum atomic E-state index is -0.310. The molecule has 37 heavy (non-hydrogen) atoms. The van der Waals surface area contributed by atoms with Crippen LogP contribution in [0.15, 0.2) is 91.1 Å². The van der Waals surface area contributed by atoms with Crippen molar-refractivity contribution in [3.8, 4) is 5.69 Å². The Balaban J connectivity index is 1.51. The van der Waals surface area contributed by atoms with E-state index in [1.807, 2.05) is 118 Å². The number of urea groups is 1. The molecule has 1 aliphatic rings. The molecule has 3 aromatic carbocycles. The van der Waals surface area contributed by atoms with E-state index in [0.29, 0.717) is 0 Å². The number of aryl methyl sites for hydroxylation is 1. The quantitative estimate of drug-likeness (QED) is 0.347. The maximum absolute atomic E-state index is 14.2. The van der Waals surface area contributed by atoms with Gasteiger partial charge in [0, 0.05) is 17.9 Å². The highest BCUT2D eigenvalue weighted by molar-refractivity contribution is 6.01. The number of fused-ring (bicyclic) bond motifs is 3. The van der Waals surface area contributed by atoms with Gasteiger partial charge in [0.15, 0.2) is 0 Å². The molecule has 1 N–H and O–H groups in total. The minimum Gasteiger partial charge on any atom is -0.316 e. The van der Waals surface area contributed by atoms with Crippen molar-refractivity contribution in [1.29, 1.82) is 0 Å². The fourth-order valence-electron chi connectivity index (χ4n) is 5.00. The molecule has 188 valence electrons. The fourth-order valence-corrected chi connectivity index (χ4v) is 5.00. The lowest BCUT2D eigenvalue weighted by Crippen LogP contribution is -2.49. The Bertz CT molecular complexity index is 1440. The van der Waals surface area contributed by atoms with Crippen molar-refractivity contribution in [1.82, 2.24) is 9.47 Å². The summed E-state index contributed by atoms with van der Waals surface area (Å²) in [6.07, 6.45) is 2.03. The van der Waals surface area contributed by atoms with E-state index < -0.39 is 0 Å². The molecule has 0 saturated heterocycles. The van der Waals surface area contributed by atoms with Crippen LogP contribution >= 0.6 is 0 Å². The summed E-state index contributed by atoms with van der Waals surface area (Å²) in [5, 5.41) is 3.03. The average Bonchev–Trinajstić information content (AvgIpc) is 3.39. The molecule has 0 spiro atoms. The summed E-state index contributed by atoms with van der Waals surface area (Å²) in [6.45, 7) is 7.81. The predicted octanol–water partition coefficient (Wildman–Crippen LogP) is 6.47. The molecule has 0 radical (unpaired) electrons. The molecular formula is C31H32N4O2. The molecule has 1 unspecified atom stereocenters. The van der Waals surface area contributed by atoms with E-state index in [2.05, 4.69) is 16.0 Å². The normalized spacial score (nSPS) is 14.2. The molecule has 0 fully saturated rings. The number of hydrogen-bond acceptors (Lipinski definition) is 2. The minimum absolute atomic E-state index is 0.0489. The van der Waals surface area contributed by atoms with Crippen LogP contribution in [0.4, 0.5) is 16.2 Å². The van der Waals surface area contributed by atoms with Gasteiger partial charge in [-0.1, -0.05) is 54.6 Å². The molecule has 2 heterocycles. The van der Waals surface area contributed by atoms with Gasteiger partial charge in [0.1, 0.15) is 12.6 Å². The summed E-state index contributed by atoms with van der Waals surface area (Å²) in [6, 6.07) is 27.1. The van der Waals surface area contributed by atoms with Gasteiger partial charge < -0.3 is 14.8 Å². The highest BCUT2D eigenvalue weighted by Gasteiger charge is 2.37. The summed E-state index contributed by atoms with van der Waals surface area (Å²) >= 11 is 0. The van der Waals surface area contributed by atoms with Gasteiger partial charge in [-0.3, -0.25) is 9.69 Å². The number of amides is 3. The van der Waals surface area contributed by atoms with Crippen molar-refractivity contribution in [2.45, 2.75) is 39.8 Å². The van der Waals surface area contributed by atoms with E-state index in [9.17, 15) is 9.59 Å². The summed E-state index contributed by atoms with van der Waals surface area (Å²) in [5.41, 5.74) is 6.66. The summed E-state index contributed by atoms with van der Waals surface area (Å²) in [7, 11) is 0. The standard InChI is InChI=1S/C31H32N4O2/c1-21(2)34(31(37)32-25-15-10-12-22(3)23(25)4)20-29(36)35-27-17-9-8-16-26(27)33-19-11-18-28(33)30(35)24-13-6-5-7-14-24/h5-19,21,30H,20H2,1-4H3,(H,32,37). The molecule has 4 aromatic rings. The Hall–Kier alpha value is -4.32. The number of benzene rings is 3. The van der Waals surface area contributed by atoms with E-state index in [0.717, 1.165) is 39.4 Å². The number of anilines is 2. The van der Waals surface area contributed by atoms with E-state index in [-0.39, 0.29) is 30.6 Å². The van der Waals surface area contributed by atoms with Crippen molar-refractivity contribution in [3.05, 3.63) is 114 Å². The first-order valence-corrected chi connectivity index (χ1v) is 12.6. The van der Waals surface area contributed by atoms with Crippen LogP contribution in [0.5, 0.6) is 0 Å². The monoisotopic (exact) mass is 492 g/mol. The fraction of sp³-hybridized carbons (Fsp3) is 0.226. The second kappa shape index (κ2) is 9.97. The van der Waals surface area contributed by atoms with Crippen molar-refractivity contribution < 1.29 is 9.59 Å². The van der Waals surface area contributed by atoms with E-state index >= 15 is 0 Å². The van der Waals surface area contributed by atoms with Crippen LogP contribution in [-0.4, -0.2) is 34.0 Å². The summed E-state index contributed by atoms with van der Waals surface area (Å²) in [4.78, 5) is 31.0. The number of carbonyl (C=O) groups excluding carboxylic acids is 2. The highest BCUT2D eigenvalue weighted by atomic mass is 16.2. The molecule has 3 amide bonds. The van der Waals surface area contributed by atoms with Gasteiger partial charge in [-0.2, -0.15) is 0 Å². The number of para-hydroxylation sites is 2. The number of hydrogen-bond donors (Lipinski definition) is 1. The molecule has 0 bridgehead atoms. The topological polar surface area (TPSA) is 57.6 Å². The third-order valence-electron chi connectivity index (χ3n) is 7.14. The lowest BCUT2D eigenvalue weighted by atomic mass is 9.97. The van der Waals surface area contributed by atoms with Crippen molar-refractivity contribution in [2.75, 3.05) is 16.8 Å². The van der Waals surface area contributed by atoms with Gasteiger partial charge in [0.25, 0.3) is 0 Å². The second-order valence-electron chi connectivity index (χ2n) is 9.77. The molecule has 1 aromatic heterocycles. The van der Waals surface area contributed by atoms with Gasteiger partial charge in [0.2, 0.25) is 5.91 Å². The van der Waals surface area contributed by atoms with Crippen molar-refractivity contribution in [3.63, 3.8) is 0 Å². The largest absolute Gasteiger partial charge is 0.322 e. The summed E-state index contributed by atoms with van der Waals surface area (Å²) < 4.78 is 2.14. The molecule has 6 heteroatoms. The molecule has 0 saturated carbocycles. The zero-order valence-electron chi connectivity index (χ0n) is 21.7. The third kappa shape index (κ3) is 4.51. The number of aromatic nitrogens is 1. The first-order chi connectivity index (χ1) is 17.9. The second-order valence-corrected chi connectivity index (χ2v) is 9.77. The first-order valence-electron chi connectivity index (χ1n) is 12.6. The average molecular weight is 493 g/mol. The van der Waals surface area contributed by atoms with Gasteiger partial charge in [-0.25, -0.2) is 4.79 Å². The van der Waals surface area contributed by atoms with Crippen LogP contribution in [0, 0.1) is 13.8 Å². The molecular weight excluding hydrogens is 460 g/mol. The van der Waals surface area contributed by atoms with Crippen molar-refractivity contribution in [2.24, 2.45) is 0 Å². The van der Waals surface area contributed by atoms with Gasteiger partial charge >= 0.3 is 6.03 Å². The van der Waals surface area contributed by atoms with Crippen LogP contribution < -0.4 is 10.2 Å². The molecule has 5 rings (SSSR count). The maximum atomic E-state index is 14.2. The first kappa shape index (κ1) is 24.4. The van der Waals surface area contributed by atoms with E-state index in [4.69, 9.17) is 0 Å². The molecule has 6 nitrogen and oxygen atoms in total. The van der Waals surface area contributed by atoms with Gasteiger partial charge in [-0.05, 0) is 74.7 Å². The zero-order chi connectivity index (χ0) is 26.1. The highest BCUT2D eigenvalue weighted by Crippen LogP contribution is 2.42. The Kier molecular flexibility index (Phi) is 6.57. The van der Waals surface area contributed by atoms with Crippen LogP contribution in [0.25, 0.3) is 5.69 Å². The maximum Gasteiger partial charge on any atom is 0.322 e. The van der Waals surface area contributed by atoms with Gasteiger partial charge in [0.05, 0.1) is 17.1 Å². The number of nitrogens with zero attached hydrogens (tertiary/aromatic N) is 3. The third-order valence-corrected chi connectivity index (χ3v) is 7.14. The Morgan fingerprint density at radius 1 is 0.865 bits per heavy atom. The van der Waals surface area contributed by atoms with E-state index in [1.54, 1.807) is 4.90 Å². The molecule has 1 aliphatic heterocycles. The van der Waals surface area contributed by atoms with E-state index in [1.165, 1.54) is 0 Å². The lowest BCUT2D eigenvalue weighted by Gasteiger charge is -2.40. The lowest BCUT2D eigenvalue weighted by molar-refractivity contribution is -0.119. The zero-order valence-corrected chi connectivity index (χ0v) is 21.7. The number of carbonyl (C=O) groups is 2. The summed E-state index contributed by atoms with van der Waals surface area (Å²) in [5.74, 6) is -0.140. The Morgan fingerprint density at radius 2 is 1.57 bits per heavy atom. The number of nitrogens with one attached hydrogen (secondary N) is 1. The van der Waals surface area contributed by atoms with Crippen molar-refractivity contribution >= 4 is 23.3 Å². The SMILES string of the molecule is Cc1cccc(NC(=O)N(CC(=O)N2c3ccccc3-n3cccc3C2c2ccccc2)C(C)C)c1C.